The van der Waals surface area contributed by atoms with Crippen molar-refractivity contribution in [1.29, 1.82) is 0 Å². The second kappa shape index (κ2) is 8.22. The van der Waals surface area contributed by atoms with Crippen molar-refractivity contribution < 1.29 is 9.59 Å². The molecule has 1 N–H and O–H groups in total. The van der Waals surface area contributed by atoms with Gasteiger partial charge in [-0.05, 0) is 36.3 Å². The summed E-state index contributed by atoms with van der Waals surface area (Å²) in [7, 11) is 0. The van der Waals surface area contributed by atoms with Gasteiger partial charge < -0.3 is 10.2 Å². The minimum Gasteiger partial charge on any atom is -0.352 e. The van der Waals surface area contributed by atoms with Crippen LogP contribution in [0.2, 0.25) is 0 Å². The largest absolute Gasteiger partial charge is 0.352 e. The van der Waals surface area contributed by atoms with Crippen LogP contribution in [-0.4, -0.2) is 35.6 Å². The van der Waals surface area contributed by atoms with Crippen molar-refractivity contribution >= 4 is 23.6 Å². The number of benzene rings is 1. The second-order valence-electron chi connectivity index (χ2n) is 5.58. The maximum absolute atomic E-state index is 12.2. The van der Waals surface area contributed by atoms with Gasteiger partial charge in [0.15, 0.2) is 0 Å². The molecular weight excluding hydrogens is 296 g/mol. The van der Waals surface area contributed by atoms with Gasteiger partial charge in [0.1, 0.15) is 0 Å². The lowest BCUT2D eigenvalue weighted by Crippen LogP contribution is -2.42. The molecule has 0 saturated carbocycles. The van der Waals surface area contributed by atoms with Crippen LogP contribution in [0.1, 0.15) is 32.3 Å². The molecule has 0 radical (unpaired) electrons. The van der Waals surface area contributed by atoms with E-state index < -0.39 is 0 Å². The molecule has 120 valence electrons. The highest BCUT2D eigenvalue weighted by atomic mass is 32.2. The van der Waals surface area contributed by atoms with E-state index in [-0.39, 0.29) is 17.7 Å². The van der Waals surface area contributed by atoms with Crippen LogP contribution in [0.25, 0.3) is 0 Å². The van der Waals surface area contributed by atoms with Crippen LogP contribution in [0.5, 0.6) is 0 Å². The van der Waals surface area contributed by atoms with Gasteiger partial charge >= 0.3 is 0 Å². The Morgan fingerprint density at radius 3 is 2.41 bits per heavy atom. The van der Waals surface area contributed by atoms with Crippen molar-refractivity contribution in [2.45, 2.75) is 38.1 Å². The van der Waals surface area contributed by atoms with Gasteiger partial charge in [-0.3, -0.25) is 9.59 Å². The monoisotopic (exact) mass is 320 g/mol. The highest BCUT2D eigenvalue weighted by molar-refractivity contribution is 7.99. The third-order valence-corrected chi connectivity index (χ3v) is 4.91. The first-order valence-corrected chi connectivity index (χ1v) is 8.83. The summed E-state index contributed by atoms with van der Waals surface area (Å²) in [6, 6.07) is 8.33. The van der Waals surface area contributed by atoms with Gasteiger partial charge in [0.2, 0.25) is 11.8 Å². The molecule has 5 heteroatoms. The van der Waals surface area contributed by atoms with Crippen LogP contribution in [0.15, 0.2) is 29.2 Å². The van der Waals surface area contributed by atoms with E-state index in [1.54, 1.807) is 6.92 Å². The molecule has 2 amide bonds. The van der Waals surface area contributed by atoms with Gasteiger partial charge in [0, 0.05) is 37.4 Å². The molecule has 0 aliphatic carbocycles. The Labute approximate surface area is 136 Å². The van der Waals surface area contributed by atoms with Crippen LogP contribution in [-0.2, 0) is 16.1 Å². The Hall–Kier alpha value is -1.49. The molecule has 2 rings (SSSR count). The molecule has 1 aromatic carbocycles. The van der Waals surface area contributed by atoms with Crippen molar-refractivity contribution in [1.82, 2.24) is 10.2 Å². The number of amides is 2. The smallest absolute Gasteiger partial charge is 0.223 e. The van der Waals surface area contributed by atoms with Crippen LogP contribution < -0.4 is 5.32 Å². The molecule has 0 spiro atoms. The molecule has 0 aromatic heterocycles. The molecular formula is C17H24N2O2S. The lowest BCUT2D eigenvalue weighted by Gasteiger charge is -2.30. The molecule has 0 atom stereocenters. The summed E-state index contributed by atoms with van der Waals surface area (Å²) < 4.78 is 0. The third kappa shape index (κ3) is 4.77. The molecule has 1 aromatic rings. The number of nitrogens with one attached hydrogen (secondary N) is 1. The highest BCUT2D eigenvalue weighted by Gasteiger charge is 2.25. The summed E-state index contributed by atoms with van der Waals surface area (Å²) in [4.78, 5) is 26.6. The van der Waals surface area contributed by atoms with Gasteiger partial charge in [-0.15, -0.1) is 11.8 Å². The zero-order chi connectivity index (χ0) is 15.9. The van der Waals surface area contributed by atoms with Crippen LogP contribution in [0.4, 0.5) is 0 Å². The number of carbonyl (C=O) groups excluding carboxylic acids is 2. The Morgan fingerprint density at radius 1 is 1.23 bits per heavy atom. The van der Waals surface area contributed by atoms with E-state index in [4.69, 9.17) is 0 Å². The minimum absolute atomic E-state index is 0.0329. The van der Waals surface area contributed by atoms with Gasteiger partial charge in [0.05, 0.1) is 0 Å². The average Bonchev–Trinajstić information content (AvgIpc) is 2.54. The Morgan fingerprint density at radius 2 is 1.86 bits per heavy atom. The molecule has 1 saturated heterocycles. The summed E-state index contributed by atoms with van der Waals surface area (Å²) in [5, 5.41) is 3.02. The standard InChI is InChI=1S/C17H24N2O2S/c1-3-22-16-6-4-14(5-7-16)12-18-17(21)15-8-10-19(11-9-15)13(2)20/h4-7,15H,3,8-12H2,1-2H3,(H,18,21). The predicted molar refractivity (Wildman–Crippen MR) is 89.7 cm³/mol. The van der Waals surface area contributed by atoms with Gasteiger partial charge in [-0.2, -0.15) is 0 Å². The van der Waals surface area contributed by atoms with Gasteiger partial charge in [-0.25, -0.2) is 0 Å². The highest BCUT2D eigenvalue weighted by Crippen LogP contribution is 2.19. The Kier molecular flexibility index (Phi) is 6.31. The van der Waals surface area contributed by atoms with Crippen molar-refractivity contribution in [3.05, 3.63) is 29.8 Å². The number of piperidine rings is 1. The quantitative estimate of drug-likeness (QED) is 0.849. The summed E-state index contributed by atoms with van der Waals surface area (Å²) in [5.74, 6) is 1.30. The van der Waals surface area contributed by atoms with E-state index in [0.717, 1.165) is 24.2 Å². The van der Waals surface area contributed by atoms with Gasteiger partial charge in [0.25, 0.3) is 0 Å². The number of hydrogen-bond acceptors (Lipinski definition) is 3. The number of likely N-dealkylation sites (tertiary alicyclic amines) is 1. The second-order valence-corrected chi connectivity index (χ2v) is 6.91. The predicted octanol–water partition coefficient (Wildman–Crippen LogP) is 2.67. The minimum atomic E-state index is 0.0329. The van der Waals surface area contributed by atoms with Gasteiger partial charge in [-0.1, -0.05) is 19.1 Å². The first kappa shape index (κ1) is 16.9. The molecule has 1 heterocycles. The summed E-state index contributed by atoms with van der Waals surface area (Å²) in [5.41, 5.74) is 1.12. The maximum Gasteiger partial charge on any atom is 0.223 e. The lowest BCUT2D eigenvalue weighted by molar-refractivity contribution is -0.134. The normalized spacial score (nSPS) is 15.6. The Bertz CT molecular complexity index is 508. The van der Waals surface area contributed by atoms with E-state index in [2.05, 4.69) is 36.5 Å². The number of rotatable bonds is 5. The first-order chi connectivity index (χ1) is 10.6. The number of thioether (sulfide) groups is 1. The van der Waals surface area contributed by atoms with Crippen LogP contribution in [0.3, 0.4) is 0 Å². The van der Waals surface area contributed by atoms with E-state index >= 15 is 0 Å². The number of hydrogen-bond donors (Lipinski definition) is 1. The van der Waals surface area contributed by atoms with Crippen molar-refractivity contribution in [2.75, 3.05) is 18.8 Å². The van der Waals surface area contributed by atoms with E-state index in [9.17, 15) is 9.59 Å². The molecule has 0 unspecified atom stereocenters. The third-order valence-electron chi connectivity index (χ3n) is 4.01. The molecule has 1 aliphatic heterocycles. The fourth-order valence-electron chi connectivity index (χ4n) is 2.66. The van der Waals surface area contributed by atoms with E-state index in [0.29, 0.717) is 19.6 Å². The van der Waals surface area contributed by atoms with E-state index in [1.807, 2.05) is 16.7 Å². The van der Waals surface area contributed by atoms with Crippen molar-refractivity contribution in [2.24, 2.45) is 5.92 Å². The molecule has 1 fully saturated rings. The van der Waals surface area contributed by atoms with Crippen molar-refractivity contribution in [3.63, 3.8) is 0 Å². The topological polar surface area (TPSA) is 49.4 Å². The van der Waals surface area contributed by atoms with Crippen molar-refractivity contribution in [3.8, 4) is 0 Å². The summed E-state index contributed by atoms with van der Waals surface area (Å²) in [6.45, 7) is 5.67. The molecule has 1 aliphatic rings. The SMILES string of the molecule is CCSc1ccc(CNC(=O)C2CCN(C(C)=O)CC2)cc1. The first-order valence-electron chi connectivity index (χ1n) is 7.85. The van der Waals surface area contributed by atoms with Crippen LogP contribution >= 0.6 is 11.8 Å². The molecule has 0 bridgehead atoms. The van der Waals surface area contributed by atoms with Crippen LogP contribution in [0, 0.1) is 5.92 Å². The zero-order valence-corrected chi connectivity index (χ0v) is 14.1. The number of carbonyl (C=O) groups is 2. The zero-order valence-electron chi connectivity index (χ0n) is 13.3. The average molecular weight is 320 g/mol. The Balaban J connectivity index is 1.77. The summed E-state index contributed by atoms with van der Waals surface area (Å²) >= 11 is 1.81. The van der Waals surface area contributed by atoms with E-state index in [1.165, 1.54) is 4.90 Å². The fourth-order valence-corrected chi connectivity index (χ4v) is 3.32. The lowest BCUT2D eigenvalue weighted by atomic mass is 9.96. The number of nitrogens with zero attached hydrogens (tertiary/aromatic N) is 1. The maximum atomic E-state index is 12.2. The summed E-state index contributed by atoms with van der Waals surface area (Å²) in [6.07, 6.45) is 1.52. The fraction of sp³-hybridized carbons (Fsp3) is 0.529. The molecule has 22 heavy (non-hydrogen) atoms. The molecule has 4 nitrogen and oxygen atoms in total.